The smallest absolute Gasteiger partial charge is 0.164 e. The van der Waals surface area contributed by atoms with E-state index < -0.39 is 0 Å². The van der Waals surface area contributed by atoms with Crippen LogP contribution in [0.3, 0.4) is 0 Å². The molecule has 0 atom stereocenters. The van der Waals surface area contributed by atoms with Crippen LogP contribution >= 0.6 is 0 Å². The first-order valence-electron chi connectivity index (χ1n) is 17.2. The van der Waals surface area contributed by atoms with Gasteiger partial charge in [0.1, 0.15) is 11.2 Å². The lowest BCUT2D eigenvalue weighted by Crippen LogP contribution is -2.00. The van der Waals surface area contributed by atoms with Crippen molar-refractivity contribution in [1.29, 1.82) is 0 Å². The van der Waals surface area contributed by atoms with Crippen molar-refractivity contribution in [3.05, 3.63) is 164 Å². The lowest BCUT2D eigenvalue weighted by atomic mass is 9.98. The highest BCUT2D eigenvalue weighted by Crippen LogP contribution is 2.48. The van der Waals surface area contributed by atoms with Crippen LogP contribution in [0.2, 0.25) is 0 Å². The number of aromatic nitrogens is 3. The minimum Gasteiger partial charge on any atom is -0.456 e. The highest BCUT2D eigenvalue weighted by Gasteiger charge is 2.23. The number of nitrogens with zero attached hydrogens (tertiary/aromatic N) is 3. The van der Waals surface area contributed by atoms with Crippen LogP contribution in [0.1, 0.15) is 0 Å². The van der Waals surface area contributed by atoms with E-state index >= 15 is 0 Å². The molecule has 0 fully saturated rings. The number of furan rings is 1. The van der Waals surface area contributed by atoms with Gasteiger partial charge in [0.15, 0.2) is 17.5 Å². The van der Waals surface area contributed by atoms with Crippen LogP contribution < -0.4 is 0 Å². The van der Waals surface area contributed by atoms with E-state index in [0.717, 1.165) is 49.8 Å². The third-order valence-electron chi connectivity index (χ3n) is 10.2. The van der Waals surface area contributed by atoms with Crippen LogP contribution in [0.5, 0.6) is 0 Å². The van der Waals surface area contributed by atoms with E-state index in [-0.39, 0.29) is 0 Å². The topological polar surface area (TPSA) is 51.8 Å². The molecule has 1 aliphatic rings. The zero-order chi connectivity index (χ0) is 33.5. The van der Waals surface area contributed by atoms with Crippen LogP contribution in [0, 0.1) is 0 Å². The van der Waals surface area contributed by atoms with E-state index in [1.807, 2.05) is 30.3 Å². The molecule has 0 amide bonds. The fraction of sp³-hybridized carbons (Fsp3) is 0. The van der Waals surface area contributed by atoms with Gasteiger partial charge in [0, 0.05) is 27.5 Å². The highest BCUT2D eigenvalue weighted by atomic mass is 16.3. The Balaban J connectivity index is 1.14. The second kappa shape index (κ2) is 10.8. The number of fused-ring (bicyclic) bond motifs is 7. The predicted molar refractivity (Wildman–Crippen MR) is 208 cm³/mol. The number of benzene rings is 8. The highest BCUT2D eigenvalue weighted by molar-refractivity contribution is 6.16. The Morgan fingerprint density at radius 1 is 0.314 bits per heavy atom. The van der Waals surface area contributed by atoms with Crippen molar-refractivity contribution < 1.29 is 4.42 Å². The molecule has 2 aromatic heterocycles. The molecule has 0 N–H and O–H groups in total. The Labute approximate surface area is 293 Å². The molecule has 51 heavy (non-hydrogen) atoms. The maximum absolute atomic E-state index is 6.45. The van der Waals surface area contributed by atoms with E-state index in [1.54, 1.807) is 0 Å². The summed E-state index contributed by atoms with van der Waals surface area (Å²) in [4.78, 5) is 15.5. The van der Waals surface area contributed by atoms with Crippen molar-refractivity contribution in [3.8, 4) is 67.5 Å². The van der Waals surface area contributed by atoms with Gasteiger partial charge in [-0.3, -0.25) is 0 Å². The normalized spacial score (nSPS) is 11.9. The summed E-state index contributed by atoms with van der Waals surface area (Å²) in [5.74, 6) is 1.87. The van der Waals surface area contributed by atoms with Crippen molar-refractivity contribution in [2.24, 2.45) is 0 Å². The number of hydrogen-bond acceptors (Lipinski definition) is 4. The third-order valence-corrected chi connectivity index (χ3v) is 10.2. The quantitative estimate of drug-likeness (QED) is 0.190. The minimum absolute atomic E-state index is 0.605. The van der Waals surface area contributed by atoms with Crippen LogP contribution in [0.25, 0.3) is 111 Å². The summed E-state index contributed by atoms with van der Waals surface area (Å²) in [5, 5.41) is 6.90. The summed E-state index contributed by atoms with van der Waals surface area (Å²) in [7, 11) is 0. The van der Waals surface area contributed by atoms with Crippen LogP contribution in [-0.4, -0.2) is 15.0 Å². The lowest BCUT2D eigenvalue weighted by molar-refractivity contribution is 0.669. The van der Waals surface area contributed by atoms with Gasteiger partial charge in [0.05, 0.1) is 0 Å². The molecule has 2 heterocycles. The van der Waals surface area contributed by atoms with Crippen molar-refractivity contribution in [1.82, 2.24) is 15.0 Å². The Hall–Kier alpha value is -6.91. The van der Waals surface area contributed by atoms with E-state index in [2.05, 4.69) is 133 Å². The Morgan fingerprint density at radius 2 is 0.941 bits per heavy atom. The van der Waals surface area contributed by atoms with E-state index in [9.17, 15) is 0 Å². The van der Waals surface area contributed by atoms with Gasteiger partial charge >= 0.3 is 0 Å². The monoisotopic (exact) mass is 649 g/mol. The molecule has 236 valence electrons. The van der Waals surface area contributed by atoms with Crippen LogP contribution in [0.4, 0.5) is 0 Å². The molecule has 0 unspecified atom stereocenters. The number of rotatable bonds is 4. The molecule has 1 aliphatic carbocycles. The van der Waals surface area contributed by atoms with Crippen LogP contribution in [0.15, 0.2) is 168 Å². The average Bonchev–Trinajstić information content (AvgIpc) is 3.74. The standard InChI is InChI=1S/C47H27N3O/c1-2-11-29(12-3-1)45-48-46(34-25-33-14-8-17-37-35-15-6-7-16-36(35)39(27-34)43(33)37)50-47(49-45)38-18-9-19-42-44(38)40-26-32(22-23-41(40)51-42)31-21-20-28-10-4-5-13-30(28)24-31/h1-27H. The average molecular weight is 650 g/mol. The van der Waals surface area contributed by atoms with Crippen molar-refractivity contribution in [2.45, 2.75) is 0 Å². The molecule has 0 bridgehead atoms. The van der Waals surface area contributed by atoms with Gasteiger partial charge < -0.3 is 4.42 Å². The molecule has 0 spiro atoms. The maximum Gasteiger partial charge on any atom is 0.164 e. The fourth-order valence-corrected chi connectivity index (χ4v) is 7.85. The molecule has 4 nitrogen and oxygen atoms in total. The molecule has 11 rings (SSSR count). The maximum atomic E-state index is 6.45. The molecule has 4 heteroatoms. The Kier molecular flexibility index (Phi) is 5.92. The SMILES string of the molecule is c1ccc(-c2nc(-c3cc4c5c(cccc5c3)-c3ccccc3-4)nc(-c3cccc4oc5ccc(-c6ccc7ccccc7c6)cc5c34)n2)cc1. The van der Waals surface area contributed by atoms with Crippen molar-refractivity contribution >= 4 is 43.5 Å². The molecule has 0 saturated carbocycles. The predicted octanol–water partition coefficient (Wildman–Crippen LogP) is 12.4. The molecule has 10 aromatic rings. The molecule has 0 saturated heterocycles. The fourth-order valence-electron chi connectivity index (χ4n) is 7.85. The first-order valence-corrected chi connectivity index (χ1v) is 17.2. The third kappa shape index (κ3) is 4.37. The van der Waals surface area contributed by atoms with Crippen molar-refractivity contribution in [2.75, 3.05) is 0 Å². The first kappa shape index (κ1) is 28.0. The van der Waals surface area contributed by atoms with E-state index in [0.29, 0.717) is 17.5 Å². The van der Waals surface area contributed by atoms with Gasteiger partial charge in [-0.2, -0.15) is 0 Å². The zero-order valence-corrected chi connectivity index (χ0v) is 27.3. The summed E-state index contributed by atoms with van der Waals surface area (Å²) >= 11 is 0. The molecular weight excluding hydrogens is 623 g/mol. The second-order valence-corrected chi connectivity index (χ2v) is 13.2. The van der Waals surface area contributed by atoms with Gasteiger partial charge in [-0.05, 0) is 91.3 Å². The van der Waals surface area contributed by atoms with Gasteiger partial charge in [-0.15, -0.1) is 0 Å². The van der Waals surface area contributed by atoms with Crippen LogP contribution in [-0.2, 0) is 0 Å². The molecule has 0 aliphatic heterocycles. The summed E-state index contributed by atoms with van der Waals surface area (Å²) in [5.41, 5.74) is 11.7. The summed E-state index contributed by atoms with van der Waals surface area (Å²) < 4.78 is 6.45. The molecule has 0 radical (unpaired) electrons. The first-order chi connectivity index (χ1) is 25.2. The van der Waals surface area contributed by atoms with E-state index in [4.69, 9.17) is 19.4 Å². The van der Waals surface area contributed by atoms with Gasteiger partial charge in [-0.25, -0.2) is 15.0 Å². The minimum atomic E-state index is 0.605. The summed E-state index contributed by atoms with van der Waals surface area (Å²) in [6.07, 6.45) is 0. The van der Waals surface area contributed by atoms with Gasteiger partial charge in [0.25, 0.3) is 0 Å². The second-order valence-electron chi connectivity index (χ2n) is 13.2. The Bertz CT molecular complexity index is 3030. The largest absolute Gasteiger partial charge is 0.456 e. The lowest BCUT2D eigenvalue weighted by Gasteiger charge is -2.11. The number of hydrogen-bond donors (Lipinski definition) is 0. The van der Waals surface area contributed by atoms with Crippen molar-refractivity contribution in [3.63, 3.8) is 0 Å². The van der Waals surface area contributed by atoms with E-state index in [1.165, 1.54) is 43.8 Å². The Morgan fingerprint density at radius 3 is 1.82 bits per heavy atom. The van der Waals surface area contributed by atoms with Gasteiger partial charge in [0.2, 0.25) is 0 Å². The molecule has 8 aromatic carbocycles. The van der Waals surface area contributed by atoms with Gasteiger partial charge in [-0.1, -0.05) is 127 Å². The molecular formula is C47H27N3O. The zero-order valence-electron chi connectivity index (χ0n) is 27.3. The summed E-state index contributed by atoms with van der Waals surface area (Å²) in [6, 6.07) is 57.4. The summed E-state index contributed by atoms with van der Waals surface area (Å²) in [6.45, 7) is 0.